The van der Waals surface area contributed by atoms with Gasteiger partial charge in [-0.05, 0) is 206 Å². The summed E-state index contributed by atoms with van der Waals surface area (Å²) in [7, 11) is 0. The van der Waals surface area contributed by atoms with Crippen molar-refractivity contribution in [1.29, 1.82) is 0 Å². The van der Waals surface area contributed by atoms with Crippen LogP contribution in [-0.4, -0.2) is 18.3 Å². The van der Waals surface area contributed by atoms with Gasteiger partial charge in [-0.25, -0.2) is 0 Å². The van der Waals surface area contributed by atoms with Crippen LogP contribution in [0, 0.1) is 0 Å². The fourth-order valence-electron chi connectivity index (χ4n) is 18.2. The fourth-order valence-corrected chi connectivity index (χ4v) is 20.6. The molecule has 0 bridgehead atoms. The van der Waals surface area contributed by atoms with E-state index in [-0.39, 0.29) is 0 Å². The van der Waals surface area contributed by atoms with Crippen molar-refractivity contribution in [2.45, 2.75) is 0 Å². The molecule has 0 aliphatic rings. The molecule has 0 aliphatic heterocycles. The topological polar surface area (TPSA) is 19.7 Å². The lowest BCUT2D eigenvalue weighted by atomic mass is 9.99. The standard InChI is InChI=1S/2C54H34N2S/c1-3-13-35(14-4-1)37-17-11-19-41(31-37)55-48-23-9-7-21-43(48)46-33-39(25-28-49(46)55)40-26-29-50-47(34-40)53-51(30-27-45-44-22-8-10-24-52(44)57-54(45)53)56(50)42-20-12-18-38(32-42)36-15-5-2-6-16-36;1-3-13-35(14-4-1)37-17-11-19-41(31-37)55-47-23-9-7-21-43(47)45-33-39(25-27-48(45)55)40-26-28-49-46(34-40)53-50(29-30-52-54(53)44-22-8-10-24-51(44)57-52)56(49)42-20-12-18-38(32-42)36-15-5-2-6-16-36/h2*1-34H. The summed E-state index contributed by atoms with van der Waals surface area (Å²) in [4.78, 5) is 0. The fraction of sp³-hybridized carbons (Fsp3) is 0. The molecule has 0 N–H and O–H groups in total. The molecular weight excluding hydrogens is 1420 g/mol. The van der Waals surface area contributed by atoms with Crippen LogP contribution in [-0.2, 0) is 0 Å². The predicted octanol–water partition coefficient (Wildman–Crippen LogP) is 30.5. The number of thiophene rings is 2. The van der Waals surface area contributed by atoms with Crippen molar-refractivity contribution in [3.05, 3.63) is 413 Å². The van der Waals surface area contributed by atoms with Gasteiger partial charge in [0.25, 0.3) is 0 Å². The first-order valence-corrected chi connectivity index (χ1v) is 40.6. The summed E-state index contributed by atoms with van der Waals surface area (Å²) in [5.74, 6) is 0. The van der Waals surface area contributed by atoms with Crippen molar-refractivity contribution >= 4 is 150 Å². The normalized spacial score (nSPS) is 11.9. The van der Waals surface area contributed by atoms with Crippen LogP contribution in [0.3, 0.4) is 0 Å². The van der Waals surface area contributed by atoms with Crippen LogP contribution in [0.15, 0.2) is 413 Å². The van der Waals surface area contributed by atoms with Gasteiger partial charge in [0, 0.05) is 106 Å². The zero-order valence-electron chi connectivity index (χ0n) is 61.9. The zero-order valence-corrected chi connectivity index (χ0v) is 63.5. The van der Waals surface area contributed by atoms with Gasteiger partial charge < -0.3 is 18.3 Å². The molecule has 6 aromatic heterocycles. The molecule has 114 heavy (non-hydrogen) atoms. The molecule has 0 atom stereocenters. The van der Waals surface area contributed by atoms with Gasteiger partial charge in [0.1, 0.15) is 0 Å². The van der Waals surface area contributed by atoms with E-state index in [0.717, 1.165) is 22.7 Å². The van der Waals surface area contributed by atoms with Crippen molar-refractivity contribution in [1.82, 2.24) is 18.3 Å². The second-order valence-corrected chi connectivity index (χ2v) is 32.0. The number of aromatic nitrogens is 4. The smallest absolute Gasteiger partial charge is 0.0555 e. The van der Waals surface area contributed by atoms with E-state index < -0.39 is 0 Å². The Balaban J connectivity index is 0.000000135. The van der Waals surface area contributed by atoms with Gasteiger partial charge in [-0.3, -0.25) is 0 Å². The van der Waals surface area contributed by atoms with Gasteiger partial charge in [-0.15, -0.1) is 22.7 Å². The van der Waals surface area contributed by atoms with E-state index in [0.29, 0.717) is 0 Å². The number of hydrogen-bond acceptors (Lipinski definition) is 2. The highest BCUT2D eigenvalue weighted by Gasteiger charge is 2.24. The van der Waals surface area contributed by atoms with E-state index in [9.17, 15) is 0 Å². The summed E-state index contributed by atoms with van der Waals surface area (Å²) in [6, 6.07) is 151. The number of rotatable bonds is 10. The van der Waals surface area contributed by atoms with Crippen LogP contribution in [0.1, 0.15) is 0 Å². The summed E-state index contributed by atoms with van der Waals surface area (Å²) in [5.41, 5.74) is 28.9. The molecule has 24 aromatic rings. The molecule has 0 amide bonds. The Labute approximate surface area is 665 Å². The first-order chi connectivity index (χ1) is 56.5. The summed E-state index contributed by atoms with van der Waals surface area (Å²) in [6.45, 7) is 0. The summed E-state index contributed by atoms with van der Waals surface area (Å²) >= 11 is 3.78. The van der Waals surface area contributed by atoms with Crippen molar-refractivity contribution in [3.8, 4) is 89.5 Å². The molecule has 0 saturated heterocycles. The lowest BCUT2D eigenvalue weighted by molar-refractivity contribution is 1.18. The molecule has 0 spiro atoms. The largest absolute Gasteiger partial charge is 0.309 e. The van der Waals surface area contributed by atoms with Gasteiger partial charge in [0.15, 0.2) is 0 Å². The Morgan fingerprint density at radius 1 is 0.140 bits per heavy atom. The zero-order chi connectivity index (χ0) is 74.9. The maximum atomic E-state index is 2.47. The second kappa shape index (κ2) is 26.7. The lowest BCUT2D eigenvalue weighted by Gasteiger charge is -2.11. The molecule has 6 heteroatoms. The summed E-state index contributed by atoms with van der Waals surface area (Å²) in [6.07, 6.45) is 0. The molecule has 0 unspecified atom stereocenters. The van der Waals surface area contributed by atoms with Crippen LogP contribution in [0.4, 0.5) is 0 Å². The minimum Gasteiger partial charge on any atom is -0.309 e. The van der Waals surface area contributed by atoms with E-state index in [1.807, 2.05) is 22.7 Å². The molecule has 0 fully saturated rings. The number of hydrogen-bond donors (Lipinski definition) is 0. The molecule has 0 aliphatic carbocycles. The van der Waals surface area contributed by atoms with Gasteiger partial charge in [0.2, 0.25) is 0 Å². The van der Waals surface area contributed by atoms with Gasteiger partial charge in [-0.2, -0.15) is 0 Å². The highest BCUT2D eigenvalue weighted by Crippen LogP contribution is 2.49. The molecule has 0 radical (unpaired) electrons. The molecule has 18 aromatic carbocycles. The maximum Gasteiger partial charge on any atom is 0.0555 e. The first-order valence-electron chi connectivity index (χ1n) is 39.0. The highest BCUT2D eigenvalue weighted by atomic mass is 32.1. The van der Waals surface area contributed by atoms with Crippen LogP contribution in [0.25, 0.3) is 217 Å². The number of para-hydroxylation sites is 2. The van der Waals surface area contributed by atoms with Crippen molar-refractivity contribution in [3.63, 3.8) is 0 Å². The monoisotopic (exact) mass is 1480 g/mol. The number of fused-ring (bicyclic) bond motifs is 20. The highest BCUT2D eigenvalue weighted by molar-refractivity contribution is 7.27. The molecule has 532 valence electrons. The Hall–Kier alpha value is -14.4. The van der Waals surface area contributed by atoms with Crippen LogP contribution in [0.2, 0.25) is 0 Å². The van der Waals surface area contributed by atoms with Crippen LogP contribution in [0.5, 0.6) is 0 Å². The Morgan fingerprint density at radius 2 is 0.439 bits per heavy atom. The average molecular weight is 1490 g/mol. The average Bonchev–Trinajstić information content (AvgIpc) is 1.61. The minimum absolute atomic E-state index is 1.16. The Morgan fingerprint density at radius 3 is 0.877 bits per heavy atom. The van der Waals surface area contributed by atoms with E-state index in [2.05, 4.69) is 431 Å². The second-order valence-electron chi connectivity index (χ2n) is 29.8. The van der Waals surface area contributed by atoms with E-state index in [4.69, 9.17) is 0 Å². The third kappa shape index (κ3) is 10.7. The van der Waals surface area contributed by atoms with E-state index >= 15 is 0 Å². The van der Waals surface area contributed by atoms with Crippen molar-refractivity contribution in [2.24, 2.45) is 0 Å². The Kier molecular flexibility index (Phi) is 15.3. The molecule has 4 nitrogen and oxygen atoms in total. The maximum absolute atomic E-state index is 2.47. The third-order valence-corrected chi connectivity index (χ3v) is 25.7. The van der Waals surface area contributed by atoms with Gasteiger partial charge in [0.05, 0.1) is 44.1 Å². The molecule has 6 heterocycles. The molecule has 24 rings (SSSR count). The van der Waals surface area contributed by atoms with Gasteiger partial charge in [-0.1, -0.05) is 273 Å². The predicted molar refractivity (Wildman–Crippen MR) is 489 cm³/mol. The van der Waals surface area contributed by atoms with Gasteiger partial charge >= 0.3 is 0 Å². The molecular formula is C108H68N4S2. The van der Waals surface area contributed by atoms with Crippen LogP contribution < -0.4 is 0 Å². The quantitative estimate of drug-likeness (QED) is 0.130. The molecule has 0 saturated carbocycles. The minimum atomic E-state index is 1.16. The first kappa shape index (κ1) is 65.5. The SMILES string of the molecule is c1ccc(-c2cccc(-n3c4ccccc4c4cc(-c5ccc6c(c5)c5c7c(ccc5n6-c5cccc(-c6ccccc6)c5)sc5ccccc57)ccc43)c2)cc1.c1ccc(-c2cccc(-n3c4ccccc4c4cc(-c5ccc6c(c5)c5c7sc8ccccc8c7ccc5n6-c5cccc(-c6ccccc6)c5)ccc43)c2)cc1. The number of nitrogens with zero attached hydrogens (tertiary/aromatic N) is 4. The van der Waals surface area contributed by atoms with E-state index in [1.165, 1.54) is 194 Å². The Bertz CT molecular complexity index is 7960. The van der Waals surface area contributed by atoms with E-state index in [1.54, 1.807) is 0 Å². The number of benzene rings is 18. The van der Waals surface area contributed by atoms with Crippen molar-refractivity contribution < 1.29 is 0 Å². The third-order valence-electron chi connectivity index (χ3n) is 23.4. The van der Waals surface area contributed by atoms with Crippen molar-refractivity contribution in [2.75, 3.05) is 0 Å². The summed E-state index contributed by atoms with van der Waals surface area (Å²) in [5, 5.41) is 15.4. The summed E-state index contributed by atoms with van der Waals surface area (Å²) < 4.78 is 15.1. The van der Waals surface area contributed by atoms with Crippen LogP contribution >= 0.6 is 22.7 Å². The lowest BCUT2D eigenvalue weighted by Crippen LogP contribution is -1.94.